The zero-order chi connectivity index (χ0) is 13.1. The van der Waals surface area contributed by atoms with Gasteiger partial charge in [0.25, 0.3) is 0 Å². The van der Waals surface area contributed by atoms with E-state index in [2.05, 4.69) is 10.2 Å². The molecule has 0 aliphatic rings. The first-order chi connectivity index (χ1) is 8.58. The Morgan fingerprint density at radius 3 is 2.94 bits per heavy atom. The number of nitrogens with zero attached hydrogens (tertiary/aromatic N) is 2. The second kappa shape index (κ2) is 5.30. The van der Waals surface area contributed by atoms with Crippen LogP contribution in [0.4, 0.5) is 5.69 Å². The van der Waals surface area contributed by atoms with Gasteiger partial charge in [-0.05, 0) is 31.5 Å². The van der Waals surface area contributed by atoms with Crippen LogP contribution in [0, 0.1) is 0 Å². The van der Waals surface area contributed by atoms with Gasteiger partial charge in [0.1, 0.15) is 0 Å². The van der Waals surface area contributed by atoms with Crippen molar-refractivity contribution in [2.45, 2.75) is 30.8 Å². The number of H-pyrrole nitrogens is 1. The van der Waals surface area contributed by atoms with E-state index in [1.165, 1.54) is 11.8 Å². The third-order valence-electron chi connectivity index (χ3n) is 2.51. The average molecular weight is 264 g/mol. The molecule has 0 saturated heterocycles. The van der Waals surface area contributed by atoms with Crippen molar-refractivity contribution in [3.63, 3.8) is 0 Å². The largest absolute Gasteiger partial charge is 0.399 e. The smallest absolute Gasteiger partial charge is 0.344 e. The van der Waals surface area contributed by atoms with Crippen LogP contribution in [0.5, 0.6) is 0 Å². The minimum absolute atomic E-state index is 0.0968. The van der Waals surface area contributed by atoms with Crippen LogP contribution < -0.4 is 11.4 Å². The molecule has 0 aliphatic carbocycles. The molecular weight excluding hydrogens is 248 g/mol. The van der Waals surface area contributed by atoms with E-state index in [0.29, 0.717) is 5.16 Å². The molecule has 1 heterocycles. The van der Waals surface area contributed by atoms with Crippen molar-refractivity contribution < 1.29 is 0 Å². The molecule has 0 aliphatic heterocycles. The van der Waals surface area contributed by atoms with Gasteiger partial charge in [0.2, 0.25) is 0 Å². The molecule has 0 atom stereocenters. The van der Waals surface area contributed by atoms with Gasteiger partial charge in [-0.15, -0.1) is 5.10 Å². The van der Waals surface area contributed by atoms with Gasteiger partial charge in [0.15, 0.2) is 5.16 Å². The molecule has 0 bridgehead atoms. The number of nitrogens with two attached hydrogens (primary N) is 1. The molecule has 96 valence electrons. The Morgan fingerprint density at radius 2 is 2.28 bits per heavy atom. The minimum atomic E-state index is -0.167. The zero-order valence-electron chi connectivity index (χ0n) is 10.4. The van der Waals surface area contributed by atoms with Crippen LogP contribution in [0.3, 0.4) is 0 Å². The Labute approximate surface area is 109 Å². The fourth-order valence-corrected chi connectivity index (χ4v) is 2.70. The first-order valence-electron chi connectivity index (χ1n) is 5.72. The maximum atomic E-state index is 11.6. The third-order valence-corrected chi connectivity index (χ3v) is 3.53. The van der Waals surface area contributed by atoms with Crippen molar-refractivity contribution in [3.8, 4) is 0 Å². The number of hydrogen-bond acceptors (Lipinski definition) is 4. The summed E-state index contributed by atoms with van der Waals surface area (Å²) < 4.78 is 1.65. The maximum absolute atomic E-state index is 11.6. The van der Waals surface area contributed by atoms with Crippen molar-refractivity contribution in [1.29, 1.82) is 0 Å². The molecule has 0 spiro atoms. The summed E-state index contributed by atoms with van der Waals surface area (Å²) in [5, 5.41) is 7.22. The standard InChI is InChI=1S/C12H16N4OS/c1-8(2)16-11(17)14-15-12(16)18-7-9-4-3-5-10(13)6-9/h3-6,8H,7,13H2,1-2H3,(H,14,17). The van der Waals surface area contributed by atoms with Crippen LogP contribution in [0.25, 0.3) is 0 Å². The van der Waals surface area contributed by atoms with E-state index in [9.17, 15) is 4.79 Å². The molecule has 0 fully saturated rings. The van der Waals surface area contributed by atoms with Crippen LogP contribution in [-0.2, 0) is 5.75 Å². The number of benzene rings is 1. The van der Waals surface area contributed by atoms with Crippen LogP contribution >= 0.6 is 11.8 Å². The van der Waals surface area contributed by atoms with Crippen molar-refractivity contribution in [2.24, 2.45) is 0 Å². The fraction of sp³-hybridized carbons (Fsp3) is 0.333. The second-order valence-electron chi connectivity index (χ2n) is 4.31. The Bertz CT molecular complexity index is 588. The number of nitrogens with one attached hydrogen (secondary N) is 1. The number of thioether (sulfide) groups is 1. The summed E-state index contributed by atoms with van der Waals surface area (Å²) in [4.78, 5) is 11.6. The SMILES string of the molecule is CC(C)n1c(SCc2cccc(N)c2)n[nH]c1=O. The molecule has 3 N–H and O–H groups in total. The minimum Gasteiger partial charge on any atom is -0.399 e. The molecule has 2 aromatic rings. The highest BCUT2D eigenvalue weighted by Gasteiger charge is 2.11. The topological polar surface area (TPSA) is 76.7 Å². The molecule has 5 nitrogen and oxygen atoms in total. The highest BCUT2D eigenvalue weighted by Crippen LogP contribution is 2.22. The normalized spacial score (nSPS) is 11.1. The van der Waals surface area contributed by atoms with Crippen molar-refractivity contribution >= 4 is 17.4 Å². The monoisotopic (exact) mass is 264 g/mol. The van der Waals surface area contributed by atoms with Gasteiger partial charge in [0.05, 0.1) is 0 Å². The lowest BCUT2D eigenvalue weighted by atomic mass is 10.2. The maximum Gasteiger partial charge on any atom is 0.344 e. The number of rotatable bonds is 4. The van der Waals surface area contributed by atoms with E-state index in [4.69, 9.17) is 5.73 Å². The second-order valence-corrected chi connectivity index (χ2v) is 5.25. The van der Waals surface area contributed by atoms with Crippen LogP contribution in [0.15, 0.2) is 34.2 Å². The lowest BCUT2D eigenvalue weighted by Crippen LogP contribution is -2.19. The van der Waals surface area contributed by atoms with E-state index in [1.54, 1.807) is 4.57 Å². The summed E-state index contributed by atoms with van der Waals surface area (Å²) in [6.45, 7) is 3.92. The van der Waals surface area contributed by atoms with Gasteiger partial charge in [-0.25, -0.2) is 9.89 Å². The molecule has 6 heteroatoms. The van der Waals surface area contributed by atoms with Gasteiger partial charge >= 0.3 is 5.69 Å². The number of aromatic amines is 1. The first-order valence-corrected chi connectivity index (χ1v) is 6.70. The third kappa shape index (κ3) is 2.76. The summed E-state index contributed by atoms with van der Waals surface area (Å²) in [7, 11) is 0. The summed E-state index contributed by atoms with van der Waals surface area (Å²) in [6, 6.07) is 7.81. The molecule has 0 saturated carbocycles. The molecule has 0 amide bonds. The van der Waals surface area contributed by atoms with Gasteiger partial charge in [-0.1, -0.05) is 23.9 Å². The summed E-state index contributed by atoms with van der Waals surface area (Å²) in [5.74, 6) is 0.738. The highest BCUT2D eigenvalue weighted by atomic mass is 32.2. The fourth-order valence-electron chi connectivity index (χ4n) is 1.68. The average Bonchev–Trinajstić information content (AvgIpc) is 2.68. The van der Waals surface area contributed by atoms with Crippen molar-refractivity contribution in [2.75, 3.05) is 5.73 Å². The summed E-state index contributed by atoms with van der Waals surface area (Å²) >= 11 is 1.52. The molecule has 0 radical (unpaired) electrons. The van der Waals surface area contributed by atoms with Crippen molar-refractivity contribution in [1.82, 2.24) is 14.8 Å². The van der Waals surface area contributed by atoms with E-state index in [0.717, 1.165) is 17.0 Å². The van der Waals surface area contributed by atoms with E-state index >= 15 is 0 Å². The molecule has 18 heavy (non-hydrogen) atoms. The van der Waals surface area contributed by atoms with E-state index in [-0.39, 0.29) is 11.7 Å². The Kier molecular flexibility index (Phi) is 3.76. The number of nitrogen functional groups attached to an aromatic ring is 1. The lowest BCUT2D eigenvalue weighted by Gasteiger charge is -2.08. The van der Waals surface area contributed by atoms with Crippen LogP contribution in [0.1, 0.15) is 25.5 Å². The predicted octanol–water partition coefficient (Wildman–Crippen LogP) is 2.03. The van der Waals surface area contributed by atoms with Gasteiger partial charge < -0.3 is 5.73 Å². The van der Waals surface area contributed by atoms with Gasteiger partial charge in [0, 0.05) is 17.5 Å². The first kappa shape index (κ1) is 12.8. The number of hydrogen-bond donors (Lipinski definition) is 2. The molecule has 1 aromatic heterocycles. The number of aromatic nitrogens is 3. The molecular formula is C12H16N4OS. The highest BCUT2D eigenvalue weighted by molar-refractivity contribution is 7.98. The predicted molar refractivity (Wildman–Crippen MR) is 73.6 cm³/mol. The van der Waals surface area contributed by atoms with Crippen LogP contribution in [0.2, 0.25) is 0 Å². The van der Waals surface area contributed by atoms with Crippen molar-refractivity contribution in [3.05, 3.63) is 40.3 Å². The zero-order valence-corrected chi connectivity index (χ0v) is 11.2. The lowest BCUT2D eigenvalue weighted by molar-refractivity contribution is 0.534. The molecule has 2 rings (SSSR count). The van der Waals surface area contributed by atoms with E-state index < -0.39 is 0 Å². The number of anilines is 1. The summed E-state index contributed by atoms with van der Waals surface area (Å²) in [6.07, 6.45) is 0. The van der Waals surface area contributed by atoms with Gasteiger partial charge in [-0.3, -0.25) is 4.57 Å². The van der Waals surface area contributed by atoms with E-state index in [1.807, 2.05) is 38.1 Å². The Morgan fingerprint density at radius 1 is 1.50 bits per heavy atom. The van der Waals surface area contributed by atoms with Gasteiger partial charge in [-0.2, -0.15) is 0 Å². The summed E-state index contributed by atoms with van der Waals surface area (Å²) in [5.41, 5.74) is 7.42. The Balaban J connectivity index is 2.14. The quantitative estimate of drug-likeness (QED) is 0.654. The Hall–Kier alpha value is -1.69. The molecule has 0 unspecified atom stereocenters. The van der Waals surface area contributed by atoms with Crippen LogP contribution in [-0.4, -0.2) is 14.8 Å². The molecule has 1 aromatic carbocycles.